The normalized spacial score (nSPS) is 19.2. The summed E-state index contributed by atoms with van der Waals surface area (Å²) in [6.07, 6.45) is 1.91. The van der Waals surface area contributed by atoms with Gasteiger partial charge in [0.05, 0.1) is 19.9 Å². The number of anilines is 2. The van der Waals surface area contributed by atoms with Crippen molar-refractivity contribution in [1.82, 2.24) is 9.97 Å². The summed E-state index contributed by atoms with van der Waals surface area (Å²) in [4.78, 5) is 10.8. The van der Waals surface area contributed by atoms with E-state index in [4.69, 9.17) is 20.9 Å². The van der Waals surface area contributed by atoms with Gasteiger partial charge in [-0.05, 0) is 30.5 Å². The number of nitrogens with two attached hydrogens (primary N) is 2. The lowest BCUT2D eigenvalue weighted by Gasteiger charge is -2.32. The van der Waals surface area contributed by atoms with Crippen molar-refractivity contribution in [3.63, 3.8) is 0 Å². The SMILES string of the molecule is COc1ccc(CN(C)c2cc(C3CC(N)C3)nc(N)n2)cc1OC. The van der Waals surface area contributed by atoms with E-state index in [1.807, 2.05) is 36.2 Å². The van der Waals surface area contributed by atoms with Crippen LogP contribution in [-0.2, 0) is 6.54 Å². The standard InChI is InChI=1S/C18H25N5O2/c1-23(10-11-4-5-15(24-2)16(6-11)25-3)17-9-14(21-18(20)22-17)12-7-13(19)8-12/h4-6,9,12-13H,7-8,10,19H2,1-3H3,(H2,20,21,22). The summed E-state index contributed by atoms with van der Waals surface area (Å²) in [6.45, 7) is 0.667. The Morgan fingerprint density at radius 1 is 1.12 bits per heavy atom. The molecule has 0 saturated heterocycles. The van der Waals surface area contributed by atoms with Gasteiger partial charge in [-0.15, -0.1) is 0 Å². The number of ether oxygens (including phenoxy) is 2. The van der Waals surface area contributed by atoms with Crippen LogP contribution in [0.5, 0.6) is 11.5 Å². The first-order valence-corrected chi connectivity index (χ1v) is 8.32. The lowest BCUT2D eigenvalue weighted by molar-refractivity contribution is 0.345. The van der Waals surface area contributed by atoms with E-state index in [2.05, 4.69) is 9.97 Å². The molecule has 0 amide bonds. The second-order valence-corrected chi connectivity index (χ2v) is 6.48. The van der Waals surface area contributed by atoms with Crippen molar-refractivity contribution < 1.29 is 9.47 Å². The number of benzene rings is 1. The maximum absolute atomic E-state index is 5.91. The van der Waals surface area contributed by atoms with E-state index in [1.165, 1.54) is 0 Å². The average molecular weight is 343 g/mol. The summed E-state index contributed by atoms with van der Waals surface area (Å²) >= 11 is 0. The van der Waals surface area contributed by atoms with Gasteiger partial charge >= 0.3 is 0 Å². The zero-order valence-corrected chi connectivity index (χ0v) is 14.9. The largest absolute Gasteiger partial charge is 0.493 e. The molecule has 1 fully saturated rings. The van der Waals surface area contributed by atoms with Crippen molar-refractivity contribution in [2.24, 2.45) is 5.73 Å². The zero-order chi connectivity index (χ0) is 18.0. The second kappa shape index (κ2) is 7.14. The summed E-state index contributed by atoms with van der Waals surface area (Å²) < 4.78 is 10.6. The smallest absolute Gasteiger partial charge is 0.222 e. The molecule has 0 spiro atoms. The summed E-state index contributed by atoms with van der Waals surface area (Å²) in [5.74, 6) is 2.90. The Hall–Kier alpha value is -2.54. The molecule has 1 saturated carbocycles. The average Bonchev–Trinajstić information content (AvgIpc) is 2.58. The van der Waals surface area contributed by atoms with Gasteiger partial charge < -0.3 is 25.8 Å². The van der Waals surface area contributed by atoms with Gasteiger partial charge in [0.15, 0.2) is 11.5 Å². The molecule has 1 aliphatic carbocycles. The van der Waals surface area contributed by atoms with Crippen LogP contribution in [0.25, 0.3) is 0 Å². The Morgan fingerprint density at radius 2 is 1.84 bits per heavy atom. The van der Waals surface area contributed by atoms with Gasteiger partial charge in [-0.1, -0.05) is 6.07 Å². The third-order valence-electron chi connectivity index (χ3n) is 4.60. The third kappa shape index (κ3) is 3.76. The monoisotopic (exact) mass is 343 g/mol. The van der Waals surface area contributed by atoms with E-state index < -0.39 is 0 Å². The van der Waals surface area contributed by atoms with Crippen molar-refractivity contribution in [2.45, 2.75) is 31.3 Å². The Kier molecular flexibility index (Phi) is 4.94. The van der Waals surface area contributed by atoms with E-state index in [0.717, 1.165) is 29.9 Å². The van der Waals surface area contributed by atoms with Crippen molar-refractivity contribution in [2.75, 3.05) is 31.9 Å². The number of nitrogen functional groups attached to an aromatic ring is 1. The van der Waals surface area contributed by atoms with Crippen LogP contribution >= 0.6 is 0 Å². The lowest BCUT2D eigenvalue weighted by atomic mass is 9.78. The molecule has 25 heavy (non-hydrogen) atoms. The predicted molar refractivity (Wildman–Crippen MR) is 98.0 cm³/mol. The number of hydrogen-bond acceptors (Lipinski definition) is 7. The maximum Gasteiger partial charge on any atom is 0.222 e. The molecule has 7 heteroatoms. The fourth-order valence-corrected chi connectivity index (χ4v) is 3.11. The lowest BCUT2D eigenvalue weighted by Crippen LogP contribution is -2.35. The molecule has 0 bridgehead atoms. The Balaban J connectivity index is 1.78. The van der Waals surface area contributed by atoms with E-state index >= 15 is 0 Å². The van der Waals surface area contributed by atoms with Gasteiger partial charge in [0.1, 0.15) is 5.82 Å². The second-order valence-electron chi connectivity index (χ2n) is 6.48. The number of nitrogens with zero attached hydrogens (tertiary/aromatic N) is 3. The molecule has 1 aliphatic rings. The number of rotatable bonds is 6. The minimum atomic E-state index is 0.272. The fraction of sp³-hybridized carbons (Fsp3) is 0.444. The highest BCUT2D eigenvalue weighted by molar-refractivity contribution is 5.47. The topological polar surface area (TPSA) is 99.5 Å². The van der Waals surface area contributed by atoms with Gasteiger partial charge in [-0.3, -0.25) is 0 Å². The van der Waals surface area contributed by atoms with E-state index in [0.29, 0.717) is 29.9 Å². The minimum absolute atomic E-state index is 0.272. The van der Waals surface area contributed by atoms with Crippen LogP contribution in [0.4, 0.5) is 11.8 Å². The van der Waals surface area contributed by atoms with Gasteiger partial charge in [0.25, 0.3) is 0 Å². The van der Waals surface area contributed by atoms with Crippen molar-refractivity contribution in [3.8, 4) is 11.5 Å². The summed E-state index contributed by atoms with van der Waals surface area (Å²) in [5, 5.41) is 0. The summed E-state index contributed by atoms with van der Waals surface area (Å²) in [5.41, 5.74) is 13.9. The molecule has 1 heterocycles. The minimum Gasteiger partial charge on any atom is -0.493 e. The van der Waals surface area contributed by atoms with Crippen LogP contribution in [0.15, 0.2) is 24.3 Å². The number of hydrogen-bond donors (Lipinski definition) is 2. The van der Waals surface area contributed by atoms with Crippen LogP contribution < -0.4 is 25.8 Å². The Bertz CT molecular complexity index is 746. The third-order valence-corrected chi connectivity index (χ3v) is 4.60. The van der Waals surface area contributed by atoms with E-state index in [-0.39, 0.29) is 6.04 Å². The molecule has 2 aromatic rings. The quantitative estimate of drug-likeness (QED) is 0.826. The van der Waals surface area contributed by atoms with E-state index in [9.17, 15) is 0 Å². The van der Waals surface area contributed by atoms with Crippen molar-refractivity contribution >= 4 is 11.8 Å². The van der Waals surface area contributed by atoms with Gasteiger partial charge in [-0.25, -0.2) is 4.98 Å². The molecule has 0 unspecified atom stereocenters. The van der Waals surface area contributed by atoms with Crippen LogP contribution in [0.2, 0.25) is 0 Å². The highest BCUT2D eigenvalue weighted by atomic mass is 16.5. The fourth-order valence-electron chi connectivity index (χ4n) is 3.11. The highest BCUT2D eigenvalue weighted by Gasteiger charge is 2.29. The molecule has 0 aliphatic heterocycles. The molecular weight excluding hydrogens is 318 g/mol. The Morgan fingerprint density at radius 3 is 2.48 bits per heavy atom. The van der Waals surface area contributed by atoms with Crippen LogP contribution in [0.1, 0.15) is 30.0 Å². The van der Waals surface area contributed by atoms with E-state index in [1.54, 1.807) is 14.2 Å². The molecule has 134 valence electrons. The molecule has 7 nitrogen and oxygen atoms in total. The van der Waals surface area contributed by atoms with Crippen molar-refractivity contribution in [1.29, 1.82) is 0 Å². The first kappa shape index (κ1) is 17.3. The molecule has 1 aromatic heterocycles. The first-order chi connectivity index (χ1) is 12.0. The summed E-state index contributed by atoms with van der Waals surface area (Å²) in [6, 6.07) is 8.15. The molecular formula is C18H25N5O2. The van der Waals surface area contributed by atoms with Gasteiger partial charge in [0, 0.05) is 31.6 Å². The molecule has 3 rings (SSSR count). The highest BCUT2D eigenvalue weighted by Crippen LogP contribution is 2.36. The molecule has 4 N–H and O–H groups in total. The molecule has 0 radical (unpaired) electrons. The van der Waals surface area contributed by atoms with Crippen LogP contribution in [0, 0.1) is 0 Å². The molecule has 1 aromatic carbocycles. The number of methoxy groups -OCH3 is 2. The zero-order valence-electron chi connectivity index (χ0n) is 14.9. The Labute approximate surface area is 148 Å². The summed E-state index contributed by atoms with van der Waals surface area (Å²) in [7, 11) is 5.24. The van der Waals surface area contributed by atoms with Crippen LogP contribution in [0.3, 0.4) is 0 Å². The van der Waals surface area contributed by atoms with Crippen molar-refractivity contribution in [3.05, 3.63) is 35.5 Å². The van der Waals surface area contributed by atoms with Gasteiger partial charge in [0.2, 0.25) is 5.95 Å². The van der Waals surface area contributed by atoms with Crippen LogP contribution in [-0.4, -0.2) is 37.3 Å². The predicted octanol–water partition coefficient (Wildman–Crippen LogP) is 1.92. The first-order valence-electron chi connectivity index (χ1n) is 8.32. The molecule has 0 atom stereocenters. The van der Waals surface area contributed by atoms with Gasteiger partial charge in [-0.2, -0.15) is 4.98 Å². The maximum atomic E-state index is 5.91. The number of aromatic nitrogens is 2.